The fourth-order valence-corrected chi connectivity index (χ4v) is 4.67. The van der Waals surface area contributed by atoms with Crippen molar-refractivity contribution in [1.82, 2.24) is 15.0 Å². The van der Waals surface area contributed by atoms with Gasteiger partial charge in [0.2, 0.25) is 19.8 Å². The van der Waals surface area contributed by atoms with Crippen LogP contribution < -0.4 is 27.2 Å². The zero-order valence-corrected chi connectivity index (χ0v) is 20.4. The van der Waals surface area contributed by atoms with Gasteiger partial charge in [-0.05, 0) is 23.6 Å². The van der Waals surface area contributed by atoms with E-state index in [1.807, 2.05) is 0 Å². The molecule has 2 atom stereocenters. The molecule has 2 aliphatic heterocycles. The van der Waals surface area contributed by atoms with Gasteiger partial charge in [-0.3, -0.25) is 24.5 Å². The summed E-state index contributed by atoms with van der Waals surface area (Å²) in [7, 11) is 34.4. The van der Waals surface area contributed by atoms with Crippen LogP contribution in [0.4, 0.5) is 8.78 Å². The van der Waals surface area contributed by atoms with Crippen molar-refractivity contribution in [3.63, 3.8) is 0 Å². The molecule has 0 aliphatic carbocycles. The maximum Gasteiger partial charge on any atom is 0.347 e. The Morgan fingerprint density at radius 2 is 1.71 bits per heavy atom. The summed E-state index contributed by atoms with van der Waals surface area (Å²) in [6, 6.07) is 3.27. The molecule has 16 heteroatoms. The van der Waals surface area contributed by atoms with Crippen LogP contribution in [0.15, 0.2) is 18.2 Å². The number of imide groups is 1. The lowest BCUT2D eigenvalue weighted by molar-refractivity contribution is -0.154. The number of rotatable bonds is 5. The molecular weight excluding hydrogens is 509 g/mol. The Morgan fingerprint density at radius 1 is 1.11 bits per heavy atom. The molecule has 1 N–H and O–H groups in total. The Balaban J connectivity index is 1.59. The molecule has 0 aromatic heterocycles. The van der Waals surface area contributed by atoms with Crippen LogP contribution in [0.1, 0.15) is 45.8 Å². The molecule has 1 saturated heterocycles. The minimum absolute atomic E-state index is 0.00786. The van der Waals surface area contributed by atoms with E-state index in [4.69, 9.17) is 58.8 Å². The van der Waals surface area contributed by atoms with Gasteiger partial charge in [-0.2, -0.15) is 8.78 Å². The number of hydrogen-bond donors (Lipinski definition) is 1. The second-order valence-corrected chi connectivity index (χ2v) is 9.27. The lowest BCUT2D eigenvalue weighted by atomic mass is 9.65. The average Bonchev–Trinajstić information content (AvgIpc) is 3.20. The molecule has 12 radical (unpaired) electrons. The third-order valence-corrected chi connectivity index (χ3v) is 7.01. The first-order valence-electron chi connectivity index (χ1n) is 11.1. The van der Waals surface area contributed by atoms with Gasteiger partial charge in [-0.1, -0.05) is 45.6 Å². The normalized spacial score (nSPS) is 18.2. The van der Waals surface area contributed by atoms with Crippen LogP contribution in [-0.2, 0) is 26.9 Å². The summed E-state index contributed by atoms with van der Waals surface area (Å²) < 4.78 is 30.7. The Hall–Kier alpha value is -2.94. The molecule has 2 heterocycles. The summed E-state index contributed by atoms with van der Waals surface area (Å²) >= 11 is 5.85. The third kappa shape index (κ3) is 4.48. The minimum atomic E-state index is -4.40. The van der Waals surface area contributed by atoms with Crippen LogP contribution >= 0.6 is 11.6 Å². The lowest BCUT2D eigenvalue weighted by Gasteiger charge is -2.33. The number of nitrogens with zero attached hydrogens (tertiary/aromatic N) is 2. The molecule has 1 fully saturated rings. The number of halogens is 3. The molecule has 0 saturated carbocycles. The van der Waals surface area contributed by atoms with E-state index in [0.29, 0.717) is 5.56 Å². The van der Waals surface area contributed by atoms with E-state index in [-0.39, 0.29) is 40.3 Å². The minimum Gasteiger partial charge on any atom is -0.393 e. The van der Waals surface area contributed by atoms with Crippen molar-refractivity contribution in [3.05, 3.63) is 45.5 Å². The molecule has 38 heavy (non-hydrogen) atoms. The maximum absolute atomic E-state index is 15.3. The maximum atomic E-state index is 15.3. The van der Waals surface area contributed by atoms with Crippen molar-refractivity contribution in [2.75, 3.05) is 0 Å². The molecule has 4 rings (SSSR count). The van der Waals surface area contributed by atoms with Gasteiger partial charge in [-0.15, -0.1) is 0 Å². The quantitative estimate of drug-likeness (QED) is 0.340. The number of alkyl halides is 2. The zero-order chi connectivity index (χ0) is 28.3. The second kappa shape index (κ2) is 9.98. The molecule has 0 spiro atoms. The molecule has 2 aromatic rings. The van der Waals surface area contributed by atoms with Gasteiger partial charge < -0.3 is 9.71 Å². The number of fused-ring (bicyclic) bond motifs is 1. The van der Waals surface area contributed by atoms with Crippen molar-refractivity contribution in [2.24, 2.45) is 0 Å². The van der Waals surface area contributed by atoms with E-state index in [1.54, 1.807) is 0 Å². The molecule has 4 amide bonds. The van der Waals surface area contributed by atoms with Crippen LogP contribution in [0.2, 0.25) is 5.02 Å². The topological polar surface area (TPSA) is 86.8 Å². The molecule has 178 valence electrons. The van der Waals surface area contributed by atoms with Gasteiger partial charge in [-0.25, -0.2) is 0 Å². The van der Waals surface area contributed by atoms with Crippen molar-refractivity contribution in [1.29, 1.82) is 0 Å². The number of carbonyl (C=O) groups is 4. The molecule has 2 aliphatic rings. The van der Waals surface area contributed by atoms with Gasteiger partial charge in [0.25, 0.3) is 11.8 Å². The predicted molar refractivity (Wildman–Crippen MR) is 140 cm³/mol. The highest BCUT2D eigenvalue weighted by atomic mass is 35.5. The van der Waals surface area contributed by atoms with Crippen LogP contribution in [0.5, 0.6) is 0 Å². The first-order valence-corrected chi connectivity index (χ1v) is 11.5. The lowest BCUT2D eigenvalue weighted by Crippen LogP contribution is -2.53. The van der Waals surface area contributed by atoms with Gasteiger partial charge in [0, 0.05) is 35.1 Å². The smallest absolute Gasteiger partial charge is 0.347 e. The number of piperidine rings is 1. The summed E-state index contributed by atoms with van der Waals surface area (Å²) in [5.74, 6) is -9.44. The van der Waals surface area contributed by atoms with Crippen LogP contribution in [0.3, 0.4) is 0 Å². The highest BCUT2D eigenvalue weighted by Crippen LogP contribution is 2.33. The summed E-state index contributed by atoms with van der Waals surface area (Å²) in [4.78, 5) is 50.7. The molecule has 7 nitrogen and oxygen atoms in total. The molecule has 2 aromatic carbocycles. The second-order valence-electron chi connectivity index (χ2n) is 8.89. The van der Waals surface area contributed by atoms with Crippen molar-refractivity contribution < 1.29 is 28.0 Å². The highest BCUT2D eigenvalue weighted by molar-refractivity contribution is 6.64. The third-order valence-electron chi connectivity index (χ3n) is 6.60. The SMILES string of the molecule is [B]c1c([B])c(C(F)(F)C(=O)N([B])C([B])c2ccc3c(c2)CN(C2CCC(=O)NC2=O)C3=O)c([B])c([B])c1Cl. The standard InChI is InChI=1S/C22H12B6ClF2N3O4/c23-13-12(14(24)16(26)17(29)15(13)25)22(30,31)21(38)34(28)18(27)7-1-2-9-8(5-7)6-33(20(9)37)10-3-4-11(35)32-19(10)36/h1-2,5,10,18H,3-4,6H2,(H,32,35,36). The van der Waals surface area contributed by atoms with Crippen LogP contribution in [-0.4, -0.2) is 86.6 Å². The Morgan fingerprint density at radius 3 is 2.29 bits per heavy atom. The van der Waals surface area contributed by atoms with Gasteiger partial charge in [0.05, 0.1) is 0 Å². The average molecular weight is 521 g/mol. The van der Waals surface area contributed by atoms with Gasteiger partial charge in [0.1, 0.15) is 45.3 Å². The Bertz CT molecular complexity index is 1380. The van der Waals surface area contributed by atoms with Crippen molar-refractivity contribution in [2.45, 2.75) is 37.3 Å². The van der Waals surface area contributed by atoms with E-state index >= 15 is 8.78 Å². The van der Waals surface area contributed by atoms with E-state index in [1.165, 1.54) is 23.1 Å². The highest BCUT2D eigenvalue weighted by Gasteiger charge is 2.46. The summed E-state index contributed by atoms with van der Waals surface area (Å²) in [5, 5.41) is 1.85. The fourth-order valence-electron chi connectivity index (χ4n) is 4.47. The number of benzene rings is 2. The summed E-state index contributed by atoms with van der Waals surface area (Å²) in [6.07, 6.45) is 0.230. The van der Waals surface area contributed by atoms with Gasteiger partial charge in [0.15, 0.2) is 0 Å². The molecule has 2 unspecified atom stereocenters. The predicted octanol–water partition coefficient (Wildman–Crippen LogP) is -2.85. The number of carbonyl (C=O) groups excluding carboxylic acids is 4. The van der Waals surface area contributed by atoms with E-state index < -0.39 is 68.9 Å². The Labute approximate surface area is 229 Å². The van der Waals surface area contributed by atoms with Crippen molar-refractivity contribution >= 4 is 104 Å². The first-order chi connectivity index (χ1) is 17.7. The van der Waals surface area contributed by atoms with Gasteiger partial charge >= 0.3 is 5.92 Å². The van der Waals surface area contributed by atoms with Crippen LogP contribution in [0.25, 0.3) is 0 Å². The number of nitrogens with one attached hydrogen (secondary N) is 1. The Kier molecular flexibility index (Phi) is 7.38. The first kappa shape index (κ1) is 28.1. The van der Waals surface area contributed by atoms with E-state index in [9.17, 15) is 19.2 Å². The van der Waals surface area contributed by atoms with E-state index in [0.717, 1.165) is 0 Å². The summed E-state index contributed by atoms with van der Waals surface area (Å²) in [5.41, 5.74) is -2.84. The van der Waals surface area contributed by atoms with E-state index in [2.05, 4.69) is 5.32 Å². The monoisotopic (exact) mass is 521 g/mol. The fraction of sp³-hybridized carbons (Fsp3) is 0.273. The number of amides is 4. The zero-order valence-electron chi connectivity index (χ0n) is 19.6. The number of hydrogen-bond acceptors (Lipinski definition) is 4. The molecular formula is C22H12B6ClF2N3O4. The van der Waals surface area contributed by atoms with Crippen LogP contribution in [0, 0.1) is 0 Å². The largest absolute Gasteiger partial charge is 0.393 e. The van der Waals surface area contributed by atoms with Crippen molar-refractivity contribution in [3.8, 4) is 0 Å². The summed E-state index contributed by atoms with van der Waals surface area (Å²) in [6.45, 7) is -0.00786. The molecule has 0 bridgehead atoms.